The molecular weight excluding hydrogens is 631 g/mol. The van der Waals surface area contributed by atoms with E-state index < -0.39 is 0 Å². The SMILES string of the molecule is c1cc(-c2ccc3ccc4c(-c5cccc6ccccc56)ccc5ccc2c3c54)cc(-n2c3ccccc3c3ccc4c5ccccc5oc4c32)c1. The van der Waals surface area contributed by atoms with Crippen LogP contribution in [0, 0.1) is 0 Å². The summed E-state index contributed by atoms with van der Waals surface area (Å²) in [5.41, 5.74) is 10.2. The number of furan rings is 1. The summed E-state index contributed by atoms with van der Waals surface area (Å²) in [6.07, 6.45) is 0. The van der Waals surface area contributed by atoms with Gasteiger partial charge in [-0.2, -0.15) is 0 Å². The number of nitrogens with zero attached hydrogens (tertiary/aromatic N) is 1. The van der Waals surface area contributed by atoms with Crippen LogP contribution in [0.4, 0.5) is 0 Å². The topological polar surface area (TPSA) is 18.1 Å². The number of para-hydroxylation sites is 2. The third kappa shape index (κ3) is 3.73. The predicted octanol–water partition coefficient (Wildman–Crippen LogP) is 14.1. The van der Waals surface area contributed by atoms with Gasteiger partial charge in [0, 0.05) is 27.2 Å². The lowest BCUT2D eigenvalue weighted by atomic mass is 9.86. The van der Waals surface area contributed by atoms with Gasteiger partial charge in [-0.25, -0.2) is 0 Å². The van der Waals surface area contributed by atoms with E-state index in [0.717, 1.165) is 33.1 Å². The molecule has 10 aromatic carbocycles. The zero-order valence-electron chi connectivity index (χ0n) is 28.1. The minimum atomic E-state index is 0.910. The van der Waals surface area contributed by atoms with Crippen molar-refractivity contribution in [3.63, 3.8) is 0 Å². The number of hydrogen-bond donors (Lipinski definition) is 0. The summed E-state index contributed by atoms with van der Waals surface area (Å²) in [5.74, 6) is 0. The van der Waals surface area contributed by atoms with Gasteiger partial charge < -0.3 is 8.98 Å². The summed E-state index contributed by atoms with van der Waals surface area (Å²) >= 11 is 0. The molecule has 2 nitrogen and oxygen atoms in total. The highest BCUT2D eigenvalue weighted by Crippen LogP contribution is 2.45. The first-order chi connectivity index (χ1) is 25.8. The third-order valence-electron chi connectivity index (χ3n) is 11.3. The van der Waals surface area contributed by atoms with Gasteiger partial charge in [-0.1, -0.05) is 146 Å². The molecular formula is C50H29NO. The Morgan fingerprint density at radius 3 is 1.85 bits per heavy atom. The highest BCUT2D eigenvalue weighted by Gasteiger charge is 2.20. The Hall–Kier alpha value is -6.90. The van der Waals surface area contributed by atoms with Crippen LogP contribution in [-0.2, 0) is 0 Å². The van der Waals surface area contributed by atoms with Crippen LogP contribution < -0.4 is 0 Å². The monoisotopic (exact) mass is 659 g/mol. The molecule has 0 aliphatic carbocycles. The van der Waals surface area contributed by atoms with E-state index in [4.69, 9.17) is 4.42 Å². The van der Waals surface area contributed by atoms with Crippen LogP contribution in [0.25, 0.3) is 115 Å². The van der Waals surface area contributed by atoms with Gasteiger partial charge in [0.05, 0.1) is 11.0 Å². The van der Waals surface area contributed by atoms with Gasteiger partial charge >= 0.3 is 0 Å². The molecule has 0 radical (unpaired) electrons. The predicted molar refractivity (Wildman–Crippen MR) is 220 cm³/mol. The molecule has 0 spiro atoms. The second-order valence-corrected chi connectivity index (χ2v) is 14.0. The molecule has 0 saturated carbocycles. The lowest BCUT2D eigenvalue weighted by Crippen LogP contribution is -1.95. The lowest BCUT2D eigenvalue weighted by molar-refractivity contribution is 0.671. The normalized spacial score (nSPS) is 12.2. The highest BCUT2D eigenvalue weighted by atomic mass is 16.3. The van der Waals surface area contributed by atoms with Crippen molar-refractivity contribution in [3.8, 4) is 27.9 Å². The molecule has 0 bridgehead atoms. The van der Waals surface area contributed by atoms with Crippen LogP contribution in [-0.4, -0.2) is 4.57 Å². The van der Waals surface area contributed by atoms with E-state index >= 15 is 0 Å². The van der Waals surface area contributed by atoms with Gasteiger partial charge in [-0.3, -0.25) is 0 Å². The first-order valence-electron chi connectivity index (χ1n) is 17.9. The van der Waals surface area contributed by atoms with E-state index in [1.54, 1.807) is 0 Å². The summed E-state index contributed by atoms with van der Waals surface area (Å²) in [7, 11) is 0. The van der Waals surface area contributed by atoms with Crippen LogP contribution >= 0.6 is 0 Å². The average molecular weight is 660 g/mol. The van der Waals surface area contributed by atoms with Crippen molar-refractivity contribution in [2.75, 3.05) is 0 Å². The molecule has 2 heterocycles. The molecule has 0 fully saturated rings. The molecule has 12 rings (SSSR count). The molecule has 0 aliphatic rings. The largest absolute Gasteiger partial charge is 0.454 e. The Balaban J connectivity index is 1.11. The van der Waals surface area contributed by atoms with Crippen LogP contribution in [0.1, 0.15) is 0 Å². The standard InChI is InChI=1S/C50H29NO/c1-2-13-35-30(9-1)10-8-16-37(35)38-24-20-32-21-25-41-36(23-19-31-22-26-42(38)48(32)47(31)41)33-11-7-12-34(29-33)51-45-17-5-3-14-39(45)43-27-28-44-40-15-4-6-18-46(40)52-50(44)49(43)51/h1-29H. The maximum atomic E-state index is 6.64. The summed E-state index contributed by atoms with van der Waals surface area (Å²) in [6.45, 7) is 0. The number of aromatic nitrogens is 1. The third-order valence-corrected chi connectivity index (χ3v) is 11.3. The Kier molecular flexibility index (Phi) is 5.53. The molecule has 0 N–H and O–H groups in total. The van der Waals surface area contributed by atoms with Crippen molar-refractivity contribution in [3.05, 3.63) is 176 Å². The zero-order valence-corrected chi connectivity index (χ0v) is 28.1. The van der Waals surface area contributed by atoms with Crippen molar-refractivity contribution < 1.29 is 4.42 Å². The quantitative estimate of drug-likeness (QED) is 0.173. The van der Waals surface area contributed by atoms with Gasteiger partial charge in [-0.15, -0.1) is 0 Å². The van der Waals surface area contributed by atoms with Gasteiger partial charge in [0.15, 0.2) is 5.58 Å². The van der Waals surface area contributed by atoms with Gasteiger partial charge in [0.25, 0.3) is 0 Å². The molecule has 0 amide bonds. The first-order valence-corrected chi connectivity index (χ1v) is 17.9. The van der Waals surface area contributed by atoms with Crippen LogP contribution in [0.3, 0.4) is 0 Å². The summed E-state index contributed by atoms with van der Waals surface area (Å²) < 4.78 is 9.03. The Labute approximate surface area is 298 Å². The molecule has 12 aromatic rings. The van der Waals surface area contributed by atoms with Crippen molar-refractivity contribution in [1.82, 2.24) is 4.57 Å². The van der Waals surface area contributed by atoms with Gasteiger partial charge in [0.1, 0.15) is 5.58 Å². The van der Waals surface area contributed by atoms with Gasteiger partial charge in [-0.05, 0) is 95.7 Å². The van der Waals surface area contributed by atoms with E-state index in [1.807, 2.05) is 6.07 Å². The molecule has 0 aliphatic heterocycles. The molecule has 2 heteroatoms. The maximum absolute atomic E-state index is 6.64. The molecule has 0 saturated heterocycles. The van der Waals surface area contributed by atoms with Crippen LogP contribution in [0.2, 0.25) is 0 Å². The number of rotatable bonds is 3. The first kappa shape index (κ1) is 27.9. The molecule has 52 heavy (non-hydrogen) atoms. The van der Waals surface area contributed by atoms with Crippen LogP contribution in [0.15, 0.2) is 180 Å². The zero-order chi connectivity index (χ0) is 33.9. The summed E-state index contributed by atoms with van der Waals surface area (Å²) in [6, 6.07) is 64.3. The molecule has 0 atom stereocenters. The molecule has 2 aromatic heterocycles. The van der Waals surface area contributed by atoms with E-state index in [0.29, 0.717) is 0 Å². The Morgan fingerprint density at radius 2 is 0.981 bits per heavy atom. The number of benzene rings is 10. The fourth-order valence-electron chi connectivity index (χ4n) is 9.06. The second kappa shape index (κ2) is 10.3. The fraction of sp³-hybridized carbons (Fsp3) is 0. The lowest BCUT2D eigenvalue weighted by Gasteiger charge is -2.17. The van der Waals surface area contributed by atoms with Crippen molar-refractivity contribution >= 4 is 86.8 Å². The van der Waals surface area contributed by atoms with Crippen molar-refractivity contribution in [2.24, 2.45) is 0 Å². The highest BCUT2D eigenvalue weighted by molar-refractivity contribution is 6.28. The summed E-state index contributed by atoms with van der Waals surface area (Å²) in [5, 5.41) is 15.0. The minimum Gasteiger partial charge on any atom is -0.454 e. The fourth-order valence-corrected chi connectivity index (χ4v) is 9.06. The summed E-state index contributed by atoms with van der Waals surface area (Å²) in [4.78, 5) is 0. The maximum Gasteiger partial charge on any atom is 0.160 e. The van der Waals surface area contributed by atoms with E-state index in [1.165, 1.54) is 81.6 Å². The number of fused-ring (bicyclic) bond motifs is 8. The minimum absolute atomic E-state index is 0.910. The van der Waals surface area contributed by atoms with Crippen molar-refractivity contribution in [1.29, 1.82) is 0 Å². The van der Waals surface area contributed by atoms with E-state index in [9.17, 15) is 0 Å². The van der Waals surface area contributed by atoms with E-state index in [2.05, 4.69) is 174 Å². The van der Waals surface area contributed by atoms with E-state index in [-0.39, 0.29) is 0 Å². The van der Waals surface area contributed by atoms with Crippen molar-refractivity contribution in [2.45, 2.75) is 0 Å². The molecule has 240 valence electrons. The Bertz CT molecular complexity index is 3410. The number of hydrogen-bond acceptors (Lipinski definition) is 1. The average Bonchev–Trinajstić information content (AvgIpc) is 3.76. The van der Waals surface area contributed by atoms with Crippen LogP contribution in [0.5, 0.6) is 0 Å². The molecule has 0 unspecified atom stereocenters. The Morgan fingerprint density at radius 1 is 0.365 bits per heavy atom. The second-order valence-electron chi connectivity index (χ2n) is 14.0. The smallest absolute Gasteiger partial charge is 0.160 e. The van der Waals surface area contributed by atoms with Gasteiger partial charge in [0.2, 0.25) is 0 Å².